The van der Waals surface area contributed by atoms with Gasteiger partial charge in [-0.3, -0.25) is 10.1 Å². The summed E-state index contributed by atoms with van der Waals surface area (Å²) < 4.78 is 0. The average molecular weight is 266 g/mol. The maximum atomic E-state index is 10.6. The fraction of sp³-hybridized carbons (Fsp3) is 0. The number of phenolic OH excluding ortho intramolecular Hbond substituents is 1. The minimum Gasteiger partial charge on any atom is -0.508 e. The molecule has 20 heavy (non-hydrogen) atoms. The number of hydrogen-bond acceptors (Lipinski definition) is 4. The van der Waals surface area contributed by atoms with E-state index in [9.17, 15) is 15.2 Å². The molecule has 0 aromatic heterocycles. The molecule has 98 valence electrons. The van der Waals surface area contributed by atoms with Crippen molar-refractivity contribution >= 4 is 17.3 Å². The summed E-state index contributed by atoms with van der Waals surface area (Å²) in [6.07, 6.45) is 1.64. The number of allylic oxidation sites excluding steroid dienone is 1. The Balaban J connectivity index is 2.34. The SMILES string of the molecule is N#C/C(=C\c1ccc([N+](=O)[O-])cc1)c1ccc(O)cc1. The molecule has 0 amide bonds. The fourth-order valence-electron chi connectivity index (χ4n) is 1.68. The molecular weight excluding hydrogens is 256 g/mol. The van der Waals surface area contributed by atoms with Crippen LogP contribution in [0.3, 0.4) is 0 Å². The maximum Gasteiger partial charge on any atom is 0.269 e. The molecule has 5 nitrogen and oxygen atoms in total. The Morgan fingerprint density at radius 2 is 1.75 bits per heavy atom. The van der Waals surface area contributed by atoms with Crippen LogP contribution in [0.1, 0.15) is 11.1 Å². The Bertz CT molecular complexity index is 695. The third kappa shape index (κ3) is 3.00. The third-order valence-electron chi connectivity index (χ3n) is 2.71. The van der Waals surface area contributed by atoms with E-state index in [0.717, 1.165) is 0 Å². The number of benzene rings is 2. The molecule has 0 unspecified atom stereocenters. The molecule has 0 heterocycles. The smallest absolute Gasteiger partial charge is 0.269 e. The summed E-state index contributed by atoms with van der Waals surface area (Å²) in [6.45, 7) is 0. The van der Waals surface area contributed by atoms with Gasteiger partial charge in [0, 0.05) is 12.1 Å². The van der Waals surface area contributed by atoms with Crippen LogP contribution < -0.4 is 0 Å². The van der Waals surface area contributed by atoms with E-state index in [1.165, 1.54) is 24.3 Å². The van der Waals surface area contributed by atoms with E-state index in [4.69, 9.17) is 5.26 Å². The lowest BCUT2D eigenvalue weighted by molar-refractivity contribution is -0.384. The monoisotopic (exact) mass is 266 g/mol. The zero-order valence-electron chi connectivity index (χ0n) is 10.4. The first-order valence-corrected chi connectivity index (χ1v) is 5.76. The van der Waals surface area contributed by atoms with Crippen LogP contribution in [-0.2, 0) is 0 Å². The van der Waals surface area contributed by atoms with E-state index < -0.39 is 4.92 Å². The van der Waals surface area contributed by atoms with Crippen LogP contribution in [0.4, 0.5) is 5.69 Å². The molecule has 0 radical (unpaired) electrons. The highest BCUT2D eigenvalue weighted by atomic mass is 16.6. The van der Waals surface area contributed by atoms with Gasteiger partial charge in [-0.15, -0.1) is 0 Å². The van der Waals surface area contributed by atoms with Gasteiger partial charge in [-0.05, 0) is 53.6 Å². The minimum atomic E-state index is -0.474. The molecule has 2 aromatic rings. The number of aromatic hydroxyl groups is 1. The molecule has 2 aromatic carbocycles. The lowest BCUT2D eigenvalue weighted by atomic mass is 10.0. The van der Waals surface area contributed by atoms with Crippen LogP contribution in [0.5, 0.6) is 5.75 Å². The Hall–Kier alpha value is -3.13. The summed E-state index contributed by atoms with van der Waals surface area (Å²) in [5.74, 6) is 0.126. The van der Waals surface area contributed by atoms with Crippen LogP contribution in [-0.4, -0.2) is 10.0 Å². The van der Waals surface area contributed by atoms with Gasteiger partial charge in [0.25, 0.3) is 5.69 Å². The van der Waals surface area contributed by atoms with Crippen molar-refractivity contribution < 1.29 is 10.0 Å². The first-order chi connectivity index (χ1) is 9.60. The van der Waals surface area contributed by atoms with Gasteiger partial charge in [0.15, 0.2) is 0 Å². The molecule has 0 atom stereocenters. The summed E-state index contributed by atoms with van der Waals surface area (Å²) in [5.41, 5.74) is 1.79. The van der Waals surface area contributed by atoms with E-state index >= 15 is 0 Å². The third-order valence-corrected chi connectivity index (χ3v) is 2.71. The molecule has 2 rings (SSSR count). The molecule has 5 heteroatoms. The Labute approximate surface area is 115 Å². The summed E-state index contributed by atoms with van der Waals surface area (Å²) in [7, 11) is 0. The number of non-ortho nitro benzene ring substituents is 1. The maximum absolute atomic E-state index is 10.6. The zero-order valence-corrected chi connectivity index (χ0v) is 10.4. The first kappa shape index (κ1) is 13.3. The van der Waals surface area contributed by atoms with Crippen molar-refractivity contribution in [2.24, 2.45) is 0 Å². The Morgan fingerprint density at radius 3 is 2.25 bits per heavy atom. The average Bonchev–Trinajstić information content (AvgIpc) is 2.46. The second kappa shape index (κ2) is 5.67. The predicted octanol–water partition coefficient (Wildman–Crippen LogP) is 3.36. The largest absolute Gasteiger partial charge is 0.508 e. The van der Waals surface area contributed by atoms with Crippen molar-refractivity contribution in [1.82, 2.24) is 0 Å². The van der Waals surface area contributed by atoms with Gasteiger partial charge < -0.3 is 5.11 Å². The Kier molecular flexibility index (Phi) is 3.77. The number of nitro benzene ring substituents is 1. The molecule has 1 N–H and O–H groups in total. The van der Waals surface area contributed by atoms with Gasteiger partial charge in [0.1, 0.15) is 5.75 Å². The fourth-order valence-corrected chi connectivity index (χ4v) is 1.68. The van der Waals surface area contributed by atoms with Crippen LogP contribution in [0.25, 0.3) is 11.6 Å². The van der Waals surface area contributed by atoms with Crippen molar-refractivity contribution in [2.45, 2.75) is 0 Å². The standard InChI is InChI=1S/C15H10N2O3/c16-10-13(12-3-7-15(18)8-4-12)9-11-1-5-14(6-2-11)17(19)20/h1-9,18H/b13-9+. The number of phenols is 1. The van der Waals surface area contributed by atoms with Gasteiger partial charge in [0.2, 0.25) is 0 Å². The highest BCUT2D eigenvalue weighted by Crippen LogP contribution is 2.21. The molecule has 0 fully saturated rings. The second-order valence-electron chi connectivity index (χ2n) is 4.07. The zero-order chi connectivity index (χ0) is 14.5. The number of nitro groups is 1. The number of nitriles is 1. The second-order valence-corrected chi connectivity index (χ2v) is 4.07. The van der Waals surface area contributed by atoms with Gasteiger partial charge in [-0.2, -0.15) is 5.26 Å². The Morgan fingerprint density at radius 1 is 1.15 bits per heavy atom. The molecule has 0 aliphatic heterocycles. The van der Waals surface area contributed by atoms with Gasteiger partial charge in [-0.25, -0.2) is 0 Å². The van der Waals surface area contributed by atoms with E-state index in [-0.39, 0.29) is 11.4 Å². The van der Waals surface area contributed by atoms with Crippen LogP contribution >= 0.6 is 0 Å². The van der Waals surface area contributed by atoms with Gasteiger partial charge in [0.05, 0.1) is 16.6 Å². The summed E-state index contributed by atoms with van der Waals surface area (Å²) >= 11 is 0. The van der Waals surface area contributed by atoms with Crippen molar-refractivity contribution in [1.29, 1.82) is 5.26 Å². The molecule has 0 aliphatic carbocycles. The van der Waals surface area contributed by atoms with Gasteiger partial charge in [-0.1, -0.05) is 0 Å². The van der Waals surface area contributed by atoms with Crippen molar-refractivity contribution in [3.63, 3.8) is 0 Å². The minimum absolute atomic E-state index is 0.00490. The van der Waals surface area contributed by atoms with E-state index in [1.807, 2.05) is 0 Å². The van der Waals surface area contributed by atoms with E-state index in [2.05, 4.69) is 6.07 Å². The van der Waals surface area contributed by atoms with E-state index in [0.29, 0.717) is 16.7 Å². The first-order valence-electron chi connectivity index (χ1n) is 5.76. The van der Waals surface area contributed by atoms with Crippen molar-refractivity contribution in [3.8, 4) is 11.8 Å². The molecule has 0 saturated carbocycles. The van der Waals surface area contributed by atoms with Crippen LogP contribution in [0.15, 0.2) is 48.5 Å². The molecule has 0 aliphatic rings. The number of nitrogens with zero attached hydrogens (tertiary/aromatic N) is 2. The topological polar surface area (TPSA) is 87.2 Å². The van der Waals surface area contributed by atoms with Crippen LogP contribution in [0, 0.1) is 21.4 Å². The highest BCUT2D eigenvalue weighted by Gasteiger charge is 2.05. The molecule has 0 spiro atoms. The summed E-state index contributed by atoms with van der Waals surface area (Å²) in [6, 6.07) is 14.3. The summed E-state index contributed by atoms with van der Waals surface area (Å²) in [5, 5.41) is 28.9. The lowest BCUT2D eigenvalue weighted by Gasteiger charge is -2.00. The summed E-state index contributed by atoms with van der Waals surface area (Å²) in [4.78, 5) is 10.1. The quantitative estimate of drug-likeness (QED) is 0.399. The normalized spacial score (nSPS) is 10.8. The number of hydrogen-bond donors (Lipinski definition) is 1. The molecular formula is C15H10N2O3. The molecule has 0 bridgehead atoms. The highest BCUT2D eigenvalue weighted by molar-refractivity contribution is 5.89. The van der Waals surface area contributed by atoms with Crippen molar-refractivity contribution in [2.75, 3.05) is 0 Å². The van der Waals surface area contributed by atoms with Crippen LogP contribution in [0.2, 0.25) is 0 Å². The lowest BCUT2D eigenvalue weighted by Crippen LogP contribution is -1.87. The van der Waals surface area contributed by atoms with E-state index in [1.54, 1.807) is 30.3 Å². The van der Waals surface area contributed by atoms with Crippen molar-refractivity contribution in [3.05, 3.63) is 69.8 Å². The number of rotatable bonds is 3. The van der Waals surface area contributed by atoms with Gasteiger partial charge >= 0.3 is 0 Å². The molecule has 0 saturated heterocycles. The predicted molar refractivity (Wildman–Crippen MR) is 74.7 cm³/mol.